The van der Waals surface area contributed by atoms with Gasteiger partial charge in [-0.1, -0.05) is 11.6 Å². The smallest absolute Gasteiger partial charge is 0.369 e. The number of hydrogen-bond acceptors (Lipinski definition) is 3. The van der Waals surface area contributed by atoms with Gasteiger partial charge in [0, 0.05) is 6.54 Å². The zero-order valence-electron chi connectivity index (χ0n) is 11.5. The van der Waals surface area contributed by atoms with Gasteiger partial charge in [-0.15, -0.1) is 0 Å². The van der Waals surface area contributed by atoms with Crippen molar-refractivity contribution in [3.05, 3.63) is 35.0 Å². The number of rotatable bonds is 4. The van der Waals surface area contributed by atoms with Crippen molar-refractivity contribution >= 4 is 5.82 Å². The fraction of sp³-hybridized carbons (Fsp3) is 0.467. The van der Waals surface area contributed by atoms with E-state index in [2.05, 4.69) is 16.4 Å². The first kappa shape index (κ1) is 15.4. The zero-order valence-corrected chi connectivity index (χ0v) is 11.5. The van der Waals surface area contributed by atoms with E-state index in [0.717, 1.165) is 37.8 Å². The molecule has 0 radical (unpaired) electrons. The first-order valence-corrected chi connectivity index (χ1v) is 6.91. The third kappa shape index (κ3) is 4.22. The molecule has 0 aromatic carbocycles. The highest BCUT2D eigenvalue weighted by atomic mass is 19.4. The lowest BCUT2D eigenvalue weighted by atomic mass is 9.97. The fourth-order valence-electron chi connectivity index (χ4n) is 2.32. The maximum Gasteiger partial charge on any atom is 0.433 e. The maximum atomic E-state index is 12.6. The molecule has 2 rings (SSSR count). The van der Waals surface area contributed by atoms with Gasteiger partial charge in [-0.05, 0) is 44.2 Å². The third-order valence-corrected chi connectivity index (χ3v) is 3.43. The van der Waals surface area contributed by atoms with Crippen molar-refractivity contribution < 1.29 is 13.2 Å². The number of aromatic nitrogens is 1. The van der Waals surface area contributed by atoms with Crippen molar-refractivity contribution in [2.24, 2.45) is 0 Å². The normalized spacial score (nSPS) is 15.2. The molecule has 0 saturated carbocycles. The van der Waals surface area contributed by atoms with Gasteiger partial charge in [-0.3, -0.25) is 0 Å². The summed E-state index contributed by atoms with van der Waals surface area (Å²) < 4.78 is 37.9. The number of nitrogens with zero attached hydrogens (tertiary/aromatic N) is 2. The maximum absolute atomic E-state index is 12.6. The summed E-state index contributed by atoms with van der Waals surface area (Å²) in [5.41, 5.74) is 0.459. The van der Waals surface area contributed by atoms with E-state index in [1.807, 2.05) is 6.07 Å². The Hall–Kier alpha value is -2.03. The Labute approximate surface area is 121 Å². The molecule has 1 aromatic rings. The Morgan fingerprint density at radius 1 is 1.29 bits per heavy atom. The summed E-state index contributed by atoms with van der Waals surface area (Å²) in [4.78, 5) is 3.52. The molecule has 1 aliphatic carbocycles. The van der Waals surface area contributed by atoms with Crippen LogP contribution in [-0.2, 0) is 6.18 Å². The number of hydrogen-bond donors (Lipinski definition) is 1. The van der Waals surface area contributed by atoms with Gasteiger partial charge in [-0.25, -0.2) is 4.98 Å². The molecule has 1 N–H and O–H groups in total. The summed E-state index contributed by atoms with van der Waals surface area (Å²) in [6.07, 6.45) is 2.93. The summed E-state index contributed by atoms with van der Waals surface area (Å²) in [7, 11) is 0. The number of alkyl halides is 3. The Bertz CT molecular complexity index is 571. The highest BCUT2D eigenvalue weighted by molar-refractivity contribution is 5.52. The molecule has 6 heteroatoms. The summed E-state index contributed by atoms with van der Waals surface area (Å²) in [5, 5.41) is 11.8. The Kier molecular flexibility index (Phi) is 4.84. The molecule has 3 nitrogen and oxygen atoms in total. The van der Waals surface area contributed by atoms with Gasteiger partial charge < -0.3 is 5.32 Å². The van der Waals surface area contributed by atoms with Crippen LogP contribution >= 0.6 is 0 Å². The topological polar surface area (TPSA) is 48.7 Å². The van der Waals surface area contributed by atoms with Crippen molar-refractivity contribution in [2.45, 2.75) is 38.3 Å². The molecule has 0 aliphatic heterocycles. The van der Waals surface area contributed by atoms with Gasteiger partial charge in [0.15, 0.2) is 0 Å². The first-order valence-electron chi connectivity index (χ1n) is 6.91. The van der Waals surface area contributed by atoms with E-state index in [1.54, 1.807) is 0 Å². The van der Waals surface area contributed by atoms with E-state index >= 15 is 0 Å². The van der Waals surface area contributed by atoms with Gasteiger partial charge in [-0.2, -0.15) is 18.4 Å². The van der Waals surface area contributed by atoms with E-state index in [1.165, 1.54) is 12.0 Å². The lowest BCUT2D eigenvalue weighted by Crippen LogP contribution is -2.12. The summed E-state index contributed by atoms with van der Waals surface area (Å²) >= 11 is 0. The third-order valence-electron chi connectivity index (χ3n) is 3.43. The van der Waals surface area contributed by atoms with Crippen molar-refractivity contribution in [1.82, 2.24) is 4.98 Å². The number of allylic oxidation sites excluding steroid dienone is 1. The van der Waals surface area contributed by atoms with Gasteiger partial charge in [0.25, 0.3) is 0 Å². The molecule has 1 heterocycles. The second kappa shape index (κ2) is 6.61. The van der Waals surface area contributed by atoms with Crippen molar-refractivity contribution in [1.29, 1.82) is 5.26 Å². The molecular formula is C15H16F3N3. The van der Waals surface area contributed by atoms with E-state index < -0.39 is 11.9 Å². The van der Waals surface area contributed by atoms with E-state index in [-0.39, 0.29) is 11.4 Å². The van der Waals surface area contributed by atoms with Crippen LogP contribution in [0.2, 0.25) is 0 Å². The SMILES string of the molecule is N#Cc1ccc(C(F)(F)F)nc1NCCC1=CCCCC1. The second-order valence-electron chi connectivity index (χ2n) is 4.99. The molecule has 0 fully saturated rings. The minimum Gasteiger partial charge on any atom is -0.369 e. The molecule has 0 unspecified atom stereocenters. The highest BCUT2D eigenvalue weighted by Crippen LogP contribution is 2.29. The van der Waals surface area contributed by atoms with Gasteiger partial charge >= 0.3 is 6.18 Å². The second-order valence-corrected chi connectivity index (χ2v) is 4.99. The van der Waals surface area contributed by atoms with Crippen LogP contribution < -0.4 is 5.32 Å². The van der Waals surface area contributed by atoms with Crippen molar-refractivity contribution in [3.8, 4) is 6.07 Å². The van der Waals surface area contributed by atoms with Crippen LogP contribution in [0, 0.1) is 11.3 Å². The molecule has 1 aromatic heterocycles. The van der Waals surface area contributed by atoms with Gasteiger partial charge in [0.1, 0.15) is 17.6 Å². The summed E-state index contributed by atoms with van der Waals surface area (Å²) in [5.74, 6) is 0.00346. The van der Waals surface area contributed by atoms with Crippen LogP contribution in [0.15, 0.2) is 23.8 Å². The minimum absolute atomic E-state index is 0.00346. The van der Waals surface area contributed by atoms with E-state index in [4.69, 9.17) is 5.26 Å². The average Bonchev–Trinajstić information content (AvgIpc) is 2.47. The van der Waals surface area contributed by atoms with Crippen molar-refractivity contribution in [2.75, 3.05) is 11.9 Å². The predicted molar refractivity (Wildman–Crippen MR) is 73.6 cm³/mol. The molecule has 0 bridgehead atoms. The Morgan fingerprint density at radius 3 is 2.71 bits per heavy atom. The van der Waals surface area contributed by atoms with Crippen LogP contribution in [-0.4, -0.2) is 11.5 Å². The van der Waals surface area contributed by atoms with Gasteiger partial charge in [0.2, 0.25) is 0 Å². The van der Waals surface area contributed by atoms with Gasteiger partial charge in [0.05, 0.1) is 5.56 Å². The molecule has 21 heavy (non-hydrogen) atoms. The first-order chi connectivity index (χ1) is 10.0. The van der Waals surface area contributed by atoms with E-state index in [0.29, 0.717) is 6.54 Å². The Morgan fingerprint density at radius 2 is 2.10 bits per heavy atom. The molecule has 0 atom stereocenters. The summed E-state index contributed by atoms with van der Waals surface area (Å²) in [6, 6.07) is 3.83. The Balaban J connectivity index is 2.04. The number of pyridine rings is 1. The monoisotopic (exact) mass is 295 g/mol. The van der Waals surface area contributed by atoms with Crippen LogP contribution in [0.1, 0.15) is 43.4 Å². The number of nitrogens with one attached hydrogen (secondary N) is 1. The van der Waals surface area contributed by atoms with E-state index in [9.17, 15) is 13.2 Å². The lowest BCUT2D eigenvalue weighted by molar-refractivity contribution is -0.141. The molecule has 0 saturated heterocycles. The lowest BCUT2D eigenvalue weighted by Gasteiger charge is -2.14. The molecule has 1 aliphatic rings. The molecular weight excluding hydrogens is 279 g/mol. The minimum atomic E-state index is -4.50. The van der Waals surface area contributed by atoms with Crippen LogP contribution in [0.3, 0.4) is 0 Å². The zero-order chi connectivity index (χ0) is 15.3. The highest BCUT2D eigenvalue weighted by Gasteiger charge is 2.33. The number of halogens is 3. The largest absolute Gasteiger partial charge is 0.433 e. The summed E-state index contributed by atoms with van der Waals surface area (Å²) in [6.45, 7) is 0.481. The van der Waals surface area contributed by atoms with Crippen LogP contribution in [0.4, 0.5) is 19.0 Å². The fourth-order valence-corrected chi connectivity index (χ4v) is 2.32. The van der Waals surface area contributed by atoms with Crippen LogP contribution in [0.25, 0.3) is 0 Å². The van der Waals surface area contributed by atoms with Crippen LogP contribution in [0.5, 0.6) is 0 Å². The standard InChI is InChI=1S/C15H16F3N3/c16-15(17,18)13-7-6-12(10-19)14(21-13)20-9-8-11-4-2-1-3-5-11/h4,6-7H,1-3,5,8-9H2,(H,20,21). The number of nitriles is 1. The quantitative estimate of drug-likeness (QED) is 0.844. The van der Waals surface area contributed by atoms with Crippen molar-refractivity contribution in [3.63, 3.8) is 0 Å². The molecule has 0 spiro atoms. The predicted octanol–water partition coefficient (Wildman–Crippen LogP) is 4.27. The molecule has 112 valence electrons. The molecule has 0 amide bonds. The number of anilines is 1. The average molecular weight is 295 g/mol.